The minimum Gasteiger partial charge on any atom is -0.378 e. The van der Waals surface area contributed by atoms with Crippen LogP contribution in [0.2, 0.25) is 0 Å². The fourth-order valence-corrected chi connectivity index (χ4v) is 4.15. The normalized spacial score (nSPS) is 25.5. The first-order chi connectivity index (χ1) is 12.1. The molecule has 4 rings (SSSR count). The summed E-state index contributed by atoms with van der Waals surface area (Å²) >= 11 is 0. The molecule has 4 heteroatoms. The van der Waals surface area contributed by atoms with E-state index in [-0.39, 0.29) is 17.4 Å². The van der Waals surface area contributed by atoms with Crippen LogP contribution in [-0.2, 0) is 9.47 Å². The van der Waals surface area contributed by atoms with Crippen molar-refractivity contribution in [1.29, 1.82) is 0 Å². The first-order valence-electron chi connectivity index (χ1n) is 9.69. The molecule has 0 radical (unpaired) electrons. The van der Waals surface area contributed by atoms with Gasteiger partial charge in [-0.3, -0.25) is 4.79 Å². The van der Waals surface area contributed by atoms with E-state index in [1.807, 2.05) is 36.1 Å². The van der Waals surface area contributed by atoms with Crippen LogP contribution in [0, 0.1) is 18.3 Å². The van der Waals surface area contributed by atoms with Crippen molar-refractivity contribution in [2.45, 2.75) is 45.1 Å². The summed E-state index contributed by atoms with van der Waals surface area (Å²) in [6.07, 6.45) is 6.09. The van der Waals surface area contributed by atoms with Gasteiger partial charge in [0.15, 0.2) is 0 Å². The third-order valence-electron chi connectivity index (χ3n) is 6.02. The molecule has 1 saturated carbocycles. The second-order valence-corrected chi connectivity index (χ2v) is 8.28. The van der Waals surface area contributed by atoms with Gasteiger partial charge >= 0.3 is 0 Å². The molecule has 0 unspecified atom stereocenters. The fourth-order valence-electron chi connectivity index (χ4n) is 4.15. The van der Waals surface area contributed by atoms with Gasteiger partial charge in [0.1, 0.15) is 0 Å². The standard InChI is InChI=1S/C21H29NO3/c1-16-3-2-4-18(11-16)20(23)22-9-7-21(8-10-22)12-19(25-15-21)14-24-13-17-5-6-17/h2-4,11,17,19H,5-10,12-15H2,1H3/t19-/m1/s1. The summed E-state index contributed by atoms with van der Waals surface area (Å²) in [5, 5.41) is 0. The smallest absolute Gasteiger partial charge is 0.253 e. The summed E-state index contributed by atoms with van der Waals surface area (Å²) in [5.74, 6) is 0.980. The largest absolute Gasteiger partial charge is 0.378 e. The molecule has 1 aliphatic carbocycles. The lowest BCUT2D eigenvalue weighted by atomic mass is 9.76. The molecule has 2 saturated heterocycles. The molecular weight excluding hydrogens is 314 g/mol. The number of rotatable bonds is 5. The van der Waals surface area contributed by atoms with Crippen LogP contribution in [0.5, 0.6) is 0 Å². The van der Waals surface area contributed by atoms with Crippen molar-refractivity contribution in [3.8, 4) is 0 Å². The molecule has 2 heterocycles. The van der Waals surface area contributed by atoms with Gasteiger partial charge in [0, 0.05) is 25.3 Å². The number of benzene rings is 1. The van der Waals surface area contributed by atoms with E-state index in [1.54, 1.807) is 0 Å². The maximum Gasteiger partial charge on any atom is 0.253 e. The van der Waals surface area contributed by atoms with E-state index in [9.17, 15) is 4.79 Å². The average Bonchev–Trinajstić information content (AvgIpc) is 3.36. The summed E-state index contributed by atoms with van der Waals surface area (Å²) in [6.45, 7) is 6.19. The number of amides is 1. The zero-order chi connectivity index (χ0) is 17.3. The highest BCUT2D eigenvalue weighted by molar-refractivity contribution is 5.94. The number of carbonyl (C=O) groups excluding carboxylic acids is 1. The third-order valence-corrected chi connectivity index (χ3v) is 6.02. The van der Waals surface area contributed by atoms with Crippen LogP contribution >= 0.6 is 0 Å². The van der Waals surface area contributed by atoms with Crippen molar-refractivity contribution < 1.29 is 14.3 Å². The van der Waals surface area contributed by atoms with Gasteiger partial charge in [0.05, 0.1) is 19.3 Å². The van der Waals surface area contributed by atoms with E-state index in [1.165, 1.54) is 12.8 Å². The zero-order valence-electron chi connectivity index (χ0n) is 15.2. The molecule has 4 nitrogen and oxygen atoms in total. The highest BCUT2D eigenvalue weighted by Crippen LogP contribution is 2.42. The second kappa shape index (κ2) is 7.08. The highest BCUT2D eigenvalue weighted by atomic mass is 16.5. The Hall–Kier alpha value is -1.39. The summed E-state index contributed by atoms with van der Waals surface area (Å²) in [4.78, 5) is 14.7. The Morgan fingerprint density at radius 1 is 1.28 bits per heavy atom. The van der Waals surface area contributed by atoms with Crippen LogP contribution in [0.1, 0.15) is 48.0 Å². The number of carbonyl (C=O) groups is 1. The molecule has 136 valence electrons. The van der Waals surface area contributed by atoms with Gasteiger partial charge in [-0.2, -0.15) is 0 Å². The van der Waals surface area contributed by atoms with Gasteiger partial charge in [-0.1, -0.05) is 17.7 Å². The van der Waals surface area contributed by atoms with Crippen LogP contribution < -0.4 is 0 Å². The van der Waals surface area contributed by atoms with Gasteiger partial charge in [0.2, 0.25) is 0 Å². The van der Waals surface area contributed by atoms with Crippen LogP contribution in [0.15, 0.2) is 24.3 Å². The third kappa shape index (κ3) is 4.06. The van der Waals surface area contributed by atoms with Crippen LogP contribution in [0.3, 0.4) is 0 Å². The number of likely N-dealkylation sites (tertiary alicyclic amines) is 1. The molecule has 0 N–H and O–H groups in total. The molecule has 3 fully saturated rings. The number of piperidine rings is 1. The molecule has 1 aromatic rings. The summed E-state index contributed by atoms with van der Waals surface area (Å²) < 4.78 is 11.8. The Morgan fingerprint density at radius 2 is 2.08 bits per heavy atom. The Balaban J connectivity index is 1.27. The van der Waals surface area contributed by atoms with E-state index in [4.69, 9.17) is 9.47 Å². The summed E-state index contributed by atoms with van der Waals surface area (Å²) in [6, 6.07) is 7.90. The van der Waals surface area contributed by atoms with E-state index >= 15 is 0 Å². The van der Waals surface area contributed by atoms with Crippen molar-refractivity contribution in [3.05, 3.63) is 35.4 Å². The van der Waals surface area contributed by atoms with Crippen molar-refractivity contribution in [2.75, 3.05) is 32.9 Å². The maximum absolute atomic E-state index is 12.7. The summed E-state index contributed by atoms with van der Waals surface area (Å²) in [7, 11) is 0. The lowest BCUT2D eigenvalue weighted by Crippen LogP contribution is -2.43. The molecular formula is C21H29NO3. The van der Waals surface area contributed by atoms with E-state index in [2.05, 4.69) is 0 Å². The number of nitrogens with zero attached hydrogens (tertiary/aromatic N) is 1. The monoisotopic (exact) mass is 343 g/mol. The van der Waals surface area contributed by atoms with Crippen molar-refractivity contribution >= 4 is 5.91 Å². The fraction of sp³-hybridized carbons (Fsp3) is 0.667. The minimum absolute atomic E-state index is 0.168. The Morgan fingerprint density at radius 3 is 2.80 bits per heavy atom. The molecule has 2 aliphatic heterocycles. The van der Waals surface area contributed by atoms with E-state index in [0.717, 1.165) is 69.2 Å². The quantitative estimate of drug-likeness (QED) is 0.822. The van der Waals surface area contributed by atoms with Crippen molar-refractivity contribution in [3.63, 3.8) is 0 Å². The van der Waals surface area contributed by atoms with Gasteiger partial charge in [0.25, 0.3) is 5.91 Å². The zero-order valence-corrected chi connectivity index (χ0v) is 15.2. The maximum atomic E-state index is 12.7. The number of hydrogen-bond donors (Lipinski definition) is 0. The van der Waals surface area contributed by atoms with Gasteiger partial charge in [-0.05, 0) is 62.5 Å². The van der Waals surface area contributed by atoms with Crippen molar-refractivity contribution in [1.82, 2.24) is 4.90 Å². The van der Waals surface area contributed by atoms with Crippen LogP contribution in [-0.4, -0.2) is 49.8 Å². The van der Waals surface area contributed by atoms with E-state index in [0.29, 0.717) is 0 Å². The van der Waals surface area contributed by atoms with Gasteiger partial charge < -0.3 is 14.4 Å². The van der Waals surface area contributed by atoms with Crippen LogP contribution in [0.4, 0.5) is 0 Å². The summed E-state index contributed by atoms with van der Waals surface area (Å²) in [5.41, 5.74) is 2.21. The predicted octanol–water partition coefficient (Wildman–Crippen LogP) is 3.43. The highest BCUT2D eigenvalue weighted by Gasteiger charge is 2.43. The Bertz CT molecular complexity index is 617. The SMILES string of the molecule is Cc1cccc(C(=O)N2CCC3(CC2)CO[C@@H](COCC2CC2)C3)c1. The molecule has 1 atom stereocenters. The first-order valence-corrected chi connectivity index (χ1v) is 9.69. The predicted molar refractivity (Wildman–Crippen MR) is 96.6 cm³/mol. The van der Waals surface area contributed by atoms with Crippen LogP contribution in [0.25, 0.3) is 0 Å². The Labute approximate surface area is 150 Å². The van der Waals surface area contributed by atoms with Gasteiger partial charge in [-0.15, -0.1) is 0 Å². The van der Waals surface area contributed by atoms with Gasteiger partial charge in [-0.25, -0.2) is 0 Å². The molecule has 1 amide bonds. The lowest BCUT2D eigenvalue weighted by Gasteiger charge is -2.38. The average molecular weight is 343 g/mol. The lowest BCUT2D eigenvalue weighted by molar-refractivity contribution is 0.00938. The molecule has 3 aliphatic rings. The molecule has 0 bridgehead atoms. The molecule has 0 aromatic heterocycles. The van der Waals surface area contributed by atoms with E-state index < -0.39 is 0 Å². The Kier molecular flexibility index (Phi) is 4.83. The van der Waals surface area contributed by atoms with Crippen molar-refractivity contribution in [2.24, 2.45) is 11.3 Å². The molecule has 1 spiro atoms. The molecule has 25 heavy (non-hydrogen) atoms. The number of ether oxygens (including phenoxy) is 2. The number of hydrogen-bond acceptors (Lipinski definition) is 3. The minimum atomic E-state index is 0.168. The second-order valence-electron chi connectivity index (χ2n) is 8.28. The number of aryl methyl sites for hydroxylation is 1. The molecule has 1 aromatic carbocycles. The first kappa shape index (κ1) is 17.0. The topological polar surface area (TPSA) is 38.8 Å².